The van der Waals surface area contributed by atoms with Crippen LogP contribution in [0.5, 0.6) is 0 Å². The van der Waals surface area contributed by atoms with E-state index in [0.717, 1.165) is 17.7 Å². The fraction of sp³-hybridized carbons (Fsp3) is 0.0435. The predicted molar refractivity (Wildman–Crippen MR) is 144 cm³/mol. The Morgan fingerprint density at radius 2 is 1.44 bits per heavy atom. The van der Waals surface area contributed by atoms with E-state index in [1.54, 1.807) is 6.92 Å². The van der Waals surface area contributed by atoms with Crippen LogP contribution >= 0.6 is 0 Å². The number of carbonyl (C=O) groups is 1. The third-order valence-corrected chi connectivity index (χ3v) is 8.54. The molecule has 0 unspecified atom stereocenters. The van der Waals surface area contributed by atoms with Gasteiger partial charge in [-0.05, 0) is 67.1 Å². The zero-order chi connectivity index (χ0) is 28.8. The maximum atomic E-state index is 13.5. The number of anilines is 3. The molecular weight excluding hydrogens is 572 g/mol. The number of nitrogens with zero attached hydrogens (tertiary/aromatic N) is 1. The zero-order valence-electron chi connectivity index (χ0n) is 19.9. The van der Waals surface area contributed by atoms with Crippen LogP contribution in [0.3, 0.4) is 0 Å². The number of rotatable bonds is 7. The van der Waals surface area contributed by atoms with E-state index in [4.69, 9.17) is 5.73 Å². The Balaban J connectivity index is 1.92. The summed E-state index contributed by atoms with van der Waals surface area (Å²) in [5.41, 5.74) is 7.22. The standard InChI is InChI=1S/C23H20N4O9S3/c1-13-2-8-17(9-3-13)37(29,30)27-19-12-18(38(31,32)33)10-14-11-20(39(34,35)36)22(23(28)21(14)19)26-25-16-6-4-15(24)5-7-16/h2-12,25,27H,24H2,1H3,(H,31,32,33)(H,34,35,36)/b26-22-. The van der Waals surface area contributed by atoms with Gasteiger partial charge in [0.2, 0.25) is 5.78 Å². The summed E-state index contributed by atoms with van der Waals surface area (Å²) in [4.78, 5) is 11.5. The van der Waals surface area contributed by atoms with Gasteiger partial charge in [0.25, 0.3) is 30.3 Å². The number of hydrogen-bond acceptors (Lipinski definition) is 10. The van der Waals surface area contributed by atoms with Crippen molar-refractivity contribution in [1.29, 1.82) is 0 Å². The second-order valence-corrected chi connectivity index (χ2v) is 12.8. The Bertz CT molecular complexity index is 1880. The molecule has 13 nitrogen and oxygen atoms in total. The molecule has 0 saturated heterocycles. The minimum absolute atomic E-state index is 0.226. The van der Waals surface area contributed by atoms with Crippen molar-refractivity contribution in [2.45, 2.75) is 16.7 Å². The van der Waals surface area contributed by atoms with E-state index >= 15 is 0 Å². The molecule has 16 heteroatoms. The highest BCUT2D eigenvalue weighted by Gasteiger charge is 2.36. The zero-order valence-corrected chi connectivity index (χ0v) is 22.3. The molecule has 0 atom stereocenters. The molecule has 4 rings (SSSR count). The molecule has 0 spiro atoms. The summed E-state index contributed by atoms with van der Waals surface area (Å²) in [6.07, 6.45) is 0.730. The fourth-order valence-electron chi connectivity index (χ4n) is 3.58. The normalized spacial score (nSPS) is 15.0. The number of hydrogen-bond donors (Lipinski definition) is 5. The molecule has 0 fully saturated rings. The molecule has 3 aromatic rings. The highest BCUT2D eigenvalue weighted by atomic mass is 32.2. The Hall–Kier alpha value is -4.09. The number of nitrogens with two attached hydrogens (primary N) is 1. The molecule has 0 heterocycles. The van der Waals surface area contributed by atoms with Crippen molar-refractivity contribution in [1.82, 2.24) is 0 Å². The van der Waals surface area contributed by atoms with E-state index in [0.29, 0.717) is 11.8 Å². The monoisotopic (exact) mass is 592 g/mol. The van der Waals surface area contributed by atoms with Crippen LogP contribution in [0.2, 0.25) is 0 Å². The fourth-order valence-corrected chi connectivity index (χ4v) is 5.84. The van der Waals surface area contributed by atoms with Crippen LogP contribution in [0.1, 0.15) is 21.5 Å². The van der Waals surface area contributed by atoms with Gasteiger partial charge < -0.3 is 5.73 Å². The summed E-state index contributed by atoms with van der Waals surface area (Å²) >= 11 is 0. The highest BCUT2D eigenvalue weighted by Crippen LogP contribution is 2.34. The van der Waals surface area contributed by atoms with Gasteiger partial charge in [-0.25, -0.2) is 8.42 Å². The minimum atomic E-state index is -5.11. The smallest absolute Gasteiger partial charge is 0.296 e. The van der Waals surface area contributed by atoms with Crippen LogP contribution in [-0.4, -0.2) is 45.9 Å². The first-order chi connectivity index (χ1) is 18.1. The molecule has 204 valence electrons. The van der Waals surface area contributed by atoms with E-state index < -0.39 is 68.4 Å². The van der Waals surface area contributed by atoms with Gasteiger partial charge in [0, 0.05) is 5.69 Å². The summed E-state index contributed by atoms with van der Waals surface area (Å²) in [5, 5.41) is 3.81. The highest BCUT2D eigenvalue weighted by molar-refractivity contribution is 7.92. The van der Waals surface area contributed by atoms with Gasteiger partial charge in [0.15, 0.2) is 5.71 Å². The summed E-state index contributed by atoms with van der Waals surface area (Å²) in [6, 6.07) is 13.0. The van der Waals surface area contributed by atoms with Crippen molar-refractivity contribution in [2.75, 3.05) is 15.9 Å². The Labute approximate surface area is 223 Å². The number of allylic oxidation sites excluding steroid dienone is 1. The van der Waals surface area contributed by atoms with Crippen LogP contribution in [0.15, 0.2) is 80.5 Å². The van der Waals surface area contributed by atoms with Gasteiger partial charge in [-0.2, -0.15) is 21.9 Å². The van der Waals surface area contributed by atoms with Crippen LogP contribution < -0.4 is 15.9 Å². The number of hydrazone groups is 1. The van der Waals surface area contributed by atoms with Gasteiger partial charge >= 0.3 is 0 Å². The van der Waals surface area contributed by atoms with E-state index in [1.165, 1.54) is 48.5 Å². The maximum absolute atomic E-state index is 13.5. The SMILES string of the molecule is Cc1ccc(S(=O)(=O)Nc2cc(S(=O)(=O)O)cc3c2C(=O)/C(=N\Nc2ccc(N)cc2)C(S(=O)(=O)O)=C3)cc1. The summed E-state index contributed by atoms with van der Waals surface area (Å²) in [5.74, 6) is -1.17. The number of aryl methyl sites for hydroxylation is 1. The number of ketones is 1. The van der Waals surface area contributed by atoms with Gasteiger partial charge in [-0.1, -0.05) is 17.7 Å². The van der Waals surface area contributed by atoms with E-state index in [9.17, 15) is 39.2 Å². The van der Waals surface area contributed by atoms with Crippen molar-refractivity contribution in [3.05, 3.63) is 82.3 Å². The van der Waals surface area contributed by atoms with Crippen molar-refractivity contribution in [2.24, 2.45) is 5.10 Å². The van der Waals surface area contributed by atoms with Gasteiger partial charge in [0.05, 0.1) is 26.7 Å². The minimum Gasteiger partial charge on any atom is -0.399 e. The summed E-state index contributed by atoms with van der Waals surface area (Å²) in [6.45, 7) is 1.73. The molecule has 0 aromatic heterocycles. The molecule has 0 bridgehead atoms. The lowest BCUT2D eigenvalue weighted by Gasteiger charge is -2.21. The van der Waals surface area contributed by atoms with Crippen LogP contribution in [0, 0.1) is 6.92 Å². The Morgan fingerprint density at radius 1 is 0.821 bits per heavy atom. The van der Waals surface area contributed by atoms with Crippen molar-refractivity contribution in [3.8, 4) is 0 Å². The van der Waals surface area contributed by atoms with Crippen molar-refractivity contribution < 1.29 is 39.2 Å². The lowest BCUT2D eigenvalue weighted by molar-refractivity contribution is 0.106. The lowest BCUT2D eigenvalue weighted by Crippen LogP contribution is -2.29. The average molecular weight is 593 g/mol. The van der Waals surface area contributed by atoms with Gasteiger partial charge in [-0.3, -0.25) is 24.0 Å². The lowest BCUT2D eigenvalue weighted by atomic mass is 9.93. The number of nitrogen functional groups attached to an aromatic ring is 1. The first-order valence-electron chi connectivity index (χ1n) is 10.7. The number of sulfonamides is 1. The quantitative estimate of drug-likeness (QED) is 0.152. The topological polar surface area (TPSA) is 222 Å². The second-order valence-electron chi connectivity index (χ2n) is 8.34. The van der Waals surface area contributed by atoms with E-state index in [1.807, 2.05) is 0 Å². The molecule has 3 aromatic carbocycles. The molecule has 1 aliphatic carbocycles. The maximum Gasteiger partial charge on any atom is 0.296 e. The molecular formula is C23H20N4O9S3. The molecule has 39 heavy (non-hydrogen) atoms. The van der Waals surface area contributed by atoms with Crippen LogP contribution in [0.4, 0.5) is 17.1 Å². The van der Waals surface area contributed by atoms with Crippen LogP contribution in [0.25, 0.3) is 6.08 Å². The molecule has 0 radical (unpaired) electrons. The van der Waals surface area contributed by atoms with E-state index in [-0.39, 0.29) is 10.6 Å². The molecule has 0 aliphatic heterocycles. The predicted octanol–water partition coefficient (Wildman–Crippen LogP) is 2.52. The molecule has 0 saturated carbocycles. The third-order valence-electron chi connectivity index (χ3n) is 5.46. The van der Waals surface area contributed by atoms with Crippen molar-refractivity contribution >= 4 is 64.9 Å². The number of Topliss-reactive ketones (excluding diaryl/α,β-unsaturated/α-hetero) is 1. The van der Waals surface area contributed by atoms with E-state index in [2.05, 4.69) is 15.2 Å². The summed E-state index contributed by atoms with van der Waals surface area (Å²) < 4.78 is 95.8. The average Bonchev–Trinajstić information content (AvgIpc) is 2.83. The number of benzene rings is 3. The molecule has 0 amide bonds. The summed E-state index contributed by atoms with van der Waals surface area (Å²) in [7, 11) is -14.5. The first kappa shape index (κ1) is 27.9. The Kier molecular flexibility index (Phi) is 7.09. The second kappa shape index (κ2) is 9.90. The van der Waals surface area contributed by atoms with Gasteiger partial charge in [-0.15, -0.1) is 0 Å². The van der Waals surface area contributed by atoms with Crippen LogP contribution in [-0.2, 0) is 30.3 Å². The number of fused-ring (bicyclic) bond motifs is 1. The van der Waals surface area contributed by atoms with Gasteiger partial charge in [0.1, 0.15) is 4.91 Å². The number of nitrogens with one attached hydrogen (secondary N) is 2. The first-order valence-corrected chi connectivity index (χ1v) is 15.1. The Morgan fingerprint density at radius 3 is 2.00 bits per heavy atom. The molecule has 1 aliphatic rings. The third kappa shape index (κ3) is 5.99. The number of carbonyl (C=O) groups excluding carboxylic acids is 1. The largest absolute Gasteiger partial charge is 0.399 e. The molecule has 6 N–H and O–H groups in total. The van der Waals surface area contributed by atoms with Crippen molar-refractivity contribution in [3.63, 3.8) is 0 Å².